The van der Waals surface area contributed by atoms with Gasteiger partial charge >= 0.3 is 6.18 Å². The summed E-state index contributed by atoms with van der Waals surface area (Å²) in [6.45, 7) is 4.34. The summed E-state index contributed by atoms with van der Waals surface area (Å²) in [5.74, 6) is 2.05. The van der Waals surface area contributed by atoms with Crippen molar-refractivity contribution in [3.63, 3.8) is 0 Å². The van der Waals surface area contributed by atoms with Crippen LogP contribution in [0.4, 0.5) is 18.9 Å². The van der Waals surface area contributed by atoms with Gasteiger partial charge in [0.05, 0.1) is 16.3 Å². The number of hydrogen-bond donors (Lipinski definition) is 1. The van der Waals surface area contributed by atoms with E-state index in [1.165, 1.54) is 6.07 Å². The summed E-state index contributed by atoms with van der Waals surface area (Å²) < 4.78 is 37.8. The average Bonchev–Trinajstić information content (AvgIpc) is 2.32. The molecule has 1 unspecified atom stereocenters. The summed E-state index contributed by atoms with van der Waals surface area (Å²) in [5, 5.41) is 3.41. The summed E-state index contributed by atoms with van der Waals surface area (Å²) in [5.41, 5.74) is -0.0392. The third kappa shape index (κ3) is 3.55. The minimum absolute atomic E-state index is 0.108. The first-order valence-corrected chi connectivity index (χ1v) is 7.94. The molecule has 1 aliphatic heterocycles. The maximum atomic E-state index is 12.6. The number of rotatable bonds is 2. The van der Waals surface area contributed by atoms with Crippen LogP contribution in [0.5, 0.6) is 0 Å². The molecule has 0 aliphatic carbocycles. The molecule has 20 heavy (non-hydrogen) atoms. The van der Waals surface area contributed by atoms with Crippen LogP contribution in [-0.2, 0) is 6.18 Å². The van der Waals surface area contributed by atoms with Gasteiger partial charge in [0, 0.05) is 11.8 Å². The predicted octanol–water partition coefficient (Wildman–Crippen LogP) is 5.30. The molecule has 6 heteroatoms. The van der Waals surface area contributed by atoms with Crippen LogP contribution >= 0.6 is 23.4 Å². The van der Waals surface area contributed by atoms with E-state index >= 15 is 0 Å². The van der Waals surface area contributed by atoms with E-state index < -0.39 is 11.7 Å². The van der Waals surface area contributed by atoms with E-state index in [0.29, 0.717) is 5.69 Å². The Morgan fingerprint density at radius 1 is 1.35 bits per heavy atom. The molecule has 1 saturated heterocycles. The molecule has 0 spiro atoms. The zero-order valence-corrected chi connectivity index (χ0v) is 12.9. The normalized spacial score (nSPS) is 22.6. The molecule has 1 heterocycles. The lowest BCUT2D eigenvalue weighted by molar-refractivity contribution is -0.137. The Morgan fingerprint density at radius 2 is 2.05 bits per heavy atom. The lowest BCUT2D eigenvalue weighted by Gasteiger charge is -2.39. The Hall–Kier alpha value is -0.550. The minimum Gasteiger partial charge on any atom is -0.380 e. The molecule has 0 aromatic heterocycles. The van der Waals surface area contributed by atoms with Crippen molar-refractivity contribution >= 4 is 29.1 Å². The molecule has 1 aliphatic rings. The van der Waals surface area contributed by atoms with Crippen LogP contribution in [0, 0.1) is 5.41 Å². The molecular weight excluding hydrogens is 307 g/mol. The molecule has 0 bridgehead atoms. The molecule has 1 atom stereocenters. The molecule has 1 N–H and O–H groups in total. The van der Waals surface area contributed by atoms with Crippen molar-refractivity contribution in [3.8, 4) is 0 Å². The quantitative estimate of drug-likeness (QED) is 0.792. The summed E-state index contributed by atoms with van der Waals surface area (Å²) in [4.78, 5) is 0. The fraction of sp³-hybridized carbons (Fsp3) is 0.571. The number of nitrogens with one attached hydrogen (secondary N) is 1. The van der Waals surface area contributed by atoms with Crippen LogP contribution in [0.1, 0.15) is 25.8 Å². The van der Waals surface area contributed by atoms with Gasteiger partial charge in [-0.05, 0) is 35.8 Å². The van der Waals surface area contributed by atoms with Crippen LogP contribution in [0.2, 0.25) is 5.02 Å². The average molecular weight is 324 g/mol. The Balaban J connectivity index is 2.18. The summed E-state index contributed by atoms with van der Waals surface area (Å²) in [7, 11) is 0. The molecule has 0 radical (unpaired) electrons. The van der Waals surface area contributed by atoms with E-state index in [1.54, 1.807) is 0 Å². The third-order valence-electron chi connectivity index (χ3n) is 3.74. The maximum Gasteiger partial charge on any atom is 0.416 e. The van der Waals surface area contributed by atoms with Crippen molar-refractivity contribution in [2.24, 2.45) is 5.41 Å². The second kappa shape index (κ2) is 5.68. The molecule has 112 valence electrons. The largest absolute Gasteiger partial charge is 0.416 e. The highest BCUT2D eigenvalue weighted by molar-refractivity contribution is 7.99. The number of hydrogen-bond acceptors (Lipinski definition) is 2. The first-order valence-electron chi connectivity index (χ1n) is 6.41. The number of alkyl halides is 3. The molecule has 2 rings (SSSR count). The van der Waals surface area contributed by atoms with E-state index in [-0.39, 0.29) is 16.5 Å². The molecule has 1 fully saturated rings. The van der Waals surface area contributed by atoms with Crippen molar-refractivity contribution in [3.05, 3.63) is 28.8 Å². The van der Waals surface area contributed by atoms with Crippen LogP contribution < -0.4 is 5.32 Å². The van der Waals surface area contributed by atoms with E-state index in [1.807, 2.05) is 11.8 Å². The highest BCUT2D eigenvalue weighted by Crippen LogP contribution is 2.38. The molecule has 0 amide bonds. The van der Waals surface area contributed by atoms with E-state index in [2.05, 4.69) is 19.2 Å². The van der Waals surface area contributed by atoms with Crippen LogP contribution in [0.3, 0.4) is 0 Å². The van der Waals surface area contributed by atoms with Gasteiger partial charge in [-0.3, -0.25) is 0 Å². The Kier molecular flexibility index (Phi) is 4.50. The number of halogens is 4. The first-order chi connectivity index (χ1) is 9.20. The van der Waals surface area contributed by atoms with Crippen molar-refractivity contribution in [2.45, 2.75) is 32.5 Å². The Morgan fingerprint density at radius 3 is 2.60 bits per heavy atom. The van der Waals surface area contributed by atoms with Gasteiger partial charge in [-0.1, -0.05) is 25.4 Å². The molecular formula is C14H17ClF3NS. The second-order valence-corrected chi connectivity index (χ2v) is 7.26. The third-order valence-corrected chi connectivity index (χ3v) is 5.12. The zero-order valence-electron chi connectivity index (χ0n) is 11.4. The second-order valence-electron chi connectivity index (χ2n) is 5.70. The van der Waals surface area contributed by atoms with Gasteiger partial charge in [-0.2, -0.15) is 24.9 Å². The zero-order chi connectivity index (χ0) is 15.0. The standard InChI is InChI=1S/C14H17ClF3NS/c1-13(2)5-6-20-8-12(13)19-11-4-3-9(7-10(11)15)14(16,17)18/h3-4,7,12,19H,5-6,8H2,1-2H3. The minimum atomic E-state index is -4.36. The van der Waals surface area contributed by atoms with Crippen LogP contribution in [0.25, 0.3) is 0 Å². The van der Waals surface area contributed by atoms with Gasteiger partial charge in [0.2, 0.25) is 0 Å². The Bertz CT molecular complexity index is 488. The predicted molar refractivity (Wildman–Crippen MR) is 79.6 cm³/mol. The fourth-order valence-corrected chi connectivity index (χ4v) is 4.01. The van der Waals surface area contributed by atoms with Crippen LogP contribution in [-0.4, -0.2) is 17.5 Å². The van der Waals surface area contributed by atoms with Gasteiger partial charge in [-0.15, -0.1) is 0 Å². The van der Waals surface area contributed by atoms with Crippen LogP contribution in [0.15, 0.2) is 18.2 Å². The number of thioether (sulfide) groups is 1. The van der Waals surface area contributed by atoms with Gasteiger partial charge in [0.25, 0.3) is 0 Å². The maximum absolute atomic E-state index is 12.6. The van der Waals surface area contributed by atoms with E-state index in [9.17, 15) is 13.2 Å². The molecule has 1 nitrogen and oxygen atoms in total. The van der Waals surface area contributed by atoms with E-state index in [0.717, 1.165) is 30.1 Å². The number of benzene rings is 1. The smallest absolute Gasteiger partial charge is 0.380 e. The van der Waals surface area contributed by atoms with Gasteiger partial charge in [0.15, 0.2) is 0 Å². The number of anilines is 1. The van der Waals surface area contributed by atoms with Gasteiger partial charge in [-0.25, -0.2) is 0 Å². The van der Waals surface area contributed by atoms with Gasteiger partial charge in [0.1, 0.15) is 0 Å². The summed E-state index contributed by atoms with van der Waals surface area (Å²) >= 11 is 7.83. The Labute approximate surface area is 126 Å². The van der Waals surface area contributed by atoms with Crippen molar-refractivity contribution in [1.82, 2.24) is 0 Å². The topological polar surface area (TPSA) is 12.0 Å². The summed E-state index contributed by atoms with van der Waals surface area (Å²) in [6, 6.07) is 3.67. The van der Waals surface area contributed by atoms with Gasteiger partial charge < -0.3 is 5.32 Å². The van der Waals surface area contributed by atoms with Crippen molar-refractivity contribution < 1.29 is 13.2 Å². The molecule has 1 aromatic rings. The van der Waals surface area contributed by atoms with Crippen molar-refractivity contribution in [1.29, 1.82) is 0 Å². The molecule has 0 saturated carbocycles. The first kappa shape index (κ1) is 15.8. The lowest BCUT2D eigenvalue weighted by Crippen LogP contribution is -2.41. The summed E-state index contributed by atoms with van der Waals surface area (Å²) in [6.07, 6.45) is -3.28. The fourth-order valence-electron chi connectivity index (χ4n) is 2.17. The highest BCUT2D eigenvalue weighted by atomic mass is 35.5. The molecule has 1 aromatic carbocycles. The lowest BCUT2D eigenvalue weighted by atomic mass is 9.82. The monoisotopic (exact) mass is 323 g/mol. The SMILES string of the molecule is CC1(C)CCSCC1Nc1ccc(C(F)(F)F)cc1Cl. The highest BCUT2D eigenvalue weighted by Gasteiger charge is 2.34. The van der Waals surface area contributed by atoms with Crippen molar-refractivity contribution in [2.75, 3.05) is 16.8 Å². The van der Waals surface area contributed by atoms with E-state index in [4.69, 9.17) is 11.6 Å².